The number of benzene rings is 1. The van der Waals surface area contributed by atoms with E-state index in [1.807, 2.05) is 0 Å². The average molecular weight is 253 g/mol. The Morgan fingerprint density at radius 3 is 2.41 bits per heavy atom. The van der Waals surface area contributed by atoms with Crippen molar-refractivity contribution in [2.75, 3.05) is 12.8 Å². The van der Waals surface area contributed by atoms with E-state index in [0.29, 0.717) is 12.1 Å². The highest BCUT2D eigenvalue weighted by molar-refractivity contribution is 5.93. The molecule has 1 rings (SSSR count). The maximum atomic E-state index is 13.0. The van der Waals surface area contributed by atoms with Crippen LogP contribution >= 0.6 is 0 Å². The summed E-state index contributed by atoms with van der Waals surface area (Å²) in [6.45, 7) is 0. The van der Waals surface area contributed by atoms with E-state index in [9.17, 15) is 22.4 Å². The van der Waals surface area contributed by atoms with Crippen LogP contribution < -0.4 is 10.5 Å². The summed E-state index contributed by atoms with van der Waals surface area (Å²) in [5.41, 5.74) is 4.03. The number of nitrogen functional groups attached to an aromatic ring is 1. The van der Waals surface area contributed by atoms with Crippen LogP contribution in [0.25, 0.3) is 0 Å². The average Bonchev–Trinajstić information content (AvgIpc) is 2.20. The predicted octanol–water partition coefficient (Wildman–Crippen LogP) is 2.09. The molecule has 0 spiro atoms. The van der Waals surface area contributed by atoms with Crippen molar-refractivity contribution in [2.45, 2.75) is 6.36 Å². The summed E-state index contributed by atoms with van der Waals surface area (Å²) in [5, 5.41) is 0. The van der Waals surface area contributed by atoms with Crippen LogP contribution in [0.5, 0.6) is 5.75 Å². The summed E-state index contributed by atoms with van der Waals surface area (Å²) in [7, 11) is 0.958. The van der Waals surface area contributed by atoms with Crippen LogP contribution in [0.4, 0.5) is 23.2 Å². The van der Waals surface area contributed by atoms with Crippen molar-refractivity contribution in [2.24, 2.45) is 0 Å². The lowest BCUT2D eigenvalue weighted by molar-refractivity contribution is -0.274. The number of methoxy groups -OCH3 is 1. The first-order valence-corrected chi connectivity index (χ1v) is 4.17. The quantitative estimate of drug-likeness (QED) is 0.498. The number of carbonyl (C=O) groups is 1. The van der Waals surface area contributed by atoms with Gasteiger partial charge in [-0.1, -0.05) is 0 Å². The zero-order valence-corrected chi connectivity index (χ0v) is 8.47. The van der Waals surface area contributed by atoms with Gasteiger partial charge in [0.15, 0.2) is 0 Å². The minimum absolute atomic E-state index is 0.370. The second-order valence-corrected chi connectivity index (χ2v) is 2.91. The Morgan fingerprint density at radius 1 is 1.35 bits per heavy atom. The standard InChI is InChI=1S/C9H7F4NO3/c1-16-8(15)4-2-6(14)5(10)3-7(4)17-9(11,12)13/h2-3H,14H2,1H3. The molecular formula is C9H7F4NO3. The number of anilines is 1. The first kappa shape index (κ1) is 13.1. The lowest BCUT2D eigenvalue weighted by Gasteiger charge is -2.13. The van der Waals surface area contributed by atoms with Gasteiger partial charge in [0.2, 0.25) is 0 Å². The molecule has 0 aliphatic carbocycles. The van der Waals surface area contributed by atoms with Gasteiger partial charge in [-0.15, -0.1) is 13.2 Å². The van der Waals surface area contributed by atoms with Crippen LogP contribution in [-0.4, -0.2) is 19.4 Å². The fraction of sp³-hybridized carbons (Fsp3) is 0.222. The van der Waals surface area contributed by atoms with Crippen molar-refractivity contribution >= 4 is 11.7 Å². The third-order valence-electron chi connectivity index (χ3n) is 1.73. The Hall–Kier alpha value is -1.99. The van der Waals surface area contributed by atoms with Gasteiger partial charge in [0, 0.05) is 6.07 Å². The van der Waals surface area contributed by atoms with Gasteiger partial charge in [0.1, 0.15) is 17.1 Å². The fourth-order valence-electron chi connectivity index (χ4n) is 1.05. The molecule has 0 heterocycles. The highest BCUT2D eigenvalue weighted by atomic mass is 19.4. The second-order valence-electron chi connectivity index (χ2n) is 2.91. The van der Waals surface area contributed by atoms with Crippen LogP contribution in [0.3, 0.4) is 0 Å². The molecule has 0 aliphatic rings. The van der Waals surface area contributed by atoms with E-state index in [-0.39, 0.29) is 0 Å². The molecule has 0 aromatic heterocycles. The highest BCUT2D eigenvalue weighted by Crippen LogP contribution is 2.30. The van der Waals surface area contributed by atoms with Gasteiger partial charge in [-0.25, -0.2) is 9.18 Å². The summed E-state index contributed by atoms with van der Waals surface area (Å²) in [5.74, 6) is -3.25. The first-order chi connectivity index (χ1) is 7.74. The number of rotatable bonds is 2. The van der Waals surface area contributed by atoms with Crippen molar-refractivity contribution in [1.82, 2.24) is 0 Å². The molecule has 1 aromatic carbocycles. The zero-order chi connectivity index (χ0) is 13.2. The van der Waals surface area contributed by atoms with Crippen molar-refractivity contribution in [3.63, 3.8) is 0 Å². The molecule has 0 aliphatic heterocycles. The molecule has 0 radical (unpaired) electrons. The Bertz CT molecular complexity index is 445. The molecule has 17 heavy (non-hydrogen) atoms. The van der Waals surface area contributed by atoms with Gasteiger partial charge < -0.3 is 15.2 Å². The second kappa shape index (κ2) is 4.48. The van der Waals surface area contributed by atoms with Gasteiger partial charge in [-0.05, 0) is 6.07 Å². The van der Waals surface area contributed by atoms with Crippen LogP contribution in [0.1, 0.15) is 10.4 Å². The molecule has 2 N–H and O–H groups in total. The molecule has 94 valence electrons. The summed E-state index contributed by atoms with van der Waals surface area (Å²) in [4.78, 5) is 11.1. The number of ether oxygens (including phenoxy) is 2. The fourth-order valence-corrected chi connectivity index (χ4v) is 1.05. The molecule has 0 unspecified atom stereocenters. The summed E-state index contributed by atoms with van der Waals surface area (Å²) in [6.07, 6.45) is -5.05. The van der Waals surface area contributed by atoms with Gasteiger partial charge in [-0.2, -0.15) is 0 Å². The molecule has 0 atom stereocenters. The minimum atomic E-state index is -5.05. The van der Waals surface area contributed by atoms with Crippen LogP contribution in [0.2, 0.25) is 0 Å². The Balaban J connectivity index is 3.26. The number of hydrogen-bond acceptors (Lipinski definition) is 4. The normalized spacial score (nSPS) is 11.1. The van der Waals surface area contributed by atoms with Gasteiger partial charge in [0.25, 0.3) is 0 Å². The van der Waals surface area contributed by atoms with E-state index in [2.05, 4.69) is 9.47 Å². The predicted molar refractivity (Wildman–Crippen MR) is 48.8 cm³/mol. The number of esters is 1. The number of nitrogens with two attached hydrogens (primary N) is 1. The molecule has 0 amide bonds. The van der Waals surface area contributed by atoms with E-state index < -0.39 is 35.1 Å². The molecular weight excluding hydrogens is 246 g/mol. The minimum Gasteiger partial charge on any atom is -0.465 e. The van der Waals surface area contributed by atoms with E-state index in [4.69, 9.17) is 5.73 Å². The zero-order valence-electron chi connectivity index (χ0n) is 8.47. The van der Waals surface area contributed by atoms with Crippen molar-refractivity contribution in [3.05, 3.63) is 23.5 Å². The molecule has 4 nitrogen and oxygen atoms in total. The number of alkyl halides is 3. The van der Waals surface area contributed by atoms with E-state index in [0.717, 1.165) is 7.11 Å². The molecule has 1 aromatic rings. The topological polar surface area (TPSA) is 61.5 Å². The molecule has 0 fully saturated rings. The maximum absolute atomic E-state index is 13.0. The van der Waals surface area contributed by atoms with Gasteiger partial charge in [-0.3, -0.25) is 0 Å². The Morgan fingerprint density at radius 2 is 1.94 bits per heavy atom. The van der Waals surface area contributed by atoms with Gasteiger partial charge >= 0.3 is 12.3 Å². The van der Waals surface area contributed by atoms with Gasteiger partial charge in [0.05, 0.1) is 12.8 Å². The number of halogens is 4. The Kier molecular flexibility index (Phi) is 3.45. The largest absolute Gasteiger partial charge is 0.573 e. The first-order valence-electron chi connectivity index (χ1n) is 4.17. The van der Waals surface area contributed by atoms with Crippen LogP contribution in [-0.2, 0) is 4.74 Å². The number of carbonyl (C=O) groups excluding carboxylic acids is 1. The maximum Gasteiger partial charge on any atom is 0.573 e. The lowest BCUT2D eigenvalue weighted by atomic mass is 10.1. The molecule has 0 saturated heterocycles. The third kappa shape index (κ3) is 3.23. The molecule has 0 saturated carbocycles. The highest BCUT2D eigenvalue weighted by Gasteiger charge is 2.33. The number of hydrogen-bond donors (Lipinski definition) is 1. The van der Waals surface area contributed by atoms with Crippen molar-refractivity contribution < 1.29 is 31.8 Å². The van der Waals surface area contributed by atoms with Crippen LogP contribution in [0, 0.1) is 5.82 Å². The van der Waals surface area contributed by atoms with Crippen LogP contribution in [0.15, 0.2) is 12.1 Å². The van der Waals surface area contributed by atoms with E-state index in [1.165, 1.54) is 0 Å². The van der Waals surface area contributed by atoms with E-state index >= 15 is 0 Å². The smallest absolute Gasteiger partial charge is 0.465 e. The van der Waals surface area contributed by atoms with Crippen molar-refractivity contribution in [3.8, 4) is 5.75 Å². The molecule has 8 heteroatoms. The third-order valence-corrected chi connectivity index (χ3v) is 1.73. The summed E-state index contributed by atoms with van der Waals surface area (Å²) < 4.78 is 56.7. The summed E-state index contributed by atoms with van der Waals surface area (Å²) in [6, 6.07) is 1.08. The summed E-state index contributed by atoms with van der Waals surface area (Å²) >= 11 is 0. The van der Waals surface area contributed by atoms with Crippen molar-refractivity contribution in [1.29, 1.82) is 0 Å². The SMILES string of the molecule is COC(=O)c1cc(N)c(F)cc1OC(F)(F)F. The molecule has 0 bridgehead atoms. The lowest BCUT2D eigenvalue weighted by Crippen LogP contribution is -2.19. The monoisotopic (exact) mass is 253 g/mol. The van der Waals surface area contributed by atoms with E-state index in [1.54, 1.807) is 0 Å². The Labute approximate surface area is 92.9 Å².